The van der Waals surface area contributed by atoms with Gasteiger partial charge in [-0.2, -0.15) is 0 Å². The third-order valence-electron chi connectivity index (χ3n) is 2.50. The van der Waals surface area contributed by atoms with Gasteiger partial charge in [-0.05, 0) is 25.7 Å². The number of hydrogen-bond acceptors (Lipinski definition) is 3. The van der Waals surface area contributed by atoms with Crippen LogP contribution >= 0.6 is 0 Å². The predicted molar refractivity (Wildman–Crippen MR) is 55.9 cm³/mol. The lowest BCUT2D eigenvalue weighted by molar-refractivity contribution is -0.136. The summed E-state index contributed by atoms with van der Waals surface area (Å²) in [6.07, 6.45) is 3.42. The Kier molecular flexibility index (Phi) is 4.25. The number of aliphatic hydroxyl groups excluding tert-OH is 1. The normalized spacial score (nSPS) is 15.9. The molecular weight excluding hydrogens is 212 g/mol. The molecule has 0 bridgehead atoms. The van der Waals surface area contributed by atoms with Crippen molar-refractivity contribution in [3.8, 4) is 0 Å². The second kappa shape index (κ2) is 5.46. The van der Waals surface area contributed by atoms with Crippen LogP contribution < -0.4 is 0 Å². The Morgan fingerprint density at radius 1 is 1.25 bits per heavy atom. The number of allylic oxidation sites excluding steroid dienone is 2. The minimum absolute atomic E-state index is 0.0253. The number of aliphatic carboxylic acids is 2. The smallest absolute Gasteiger partial charge is 0.336 e. The quantitative estimate of drug-likeness (QED) is 0.648. The molecule has 0 spiro atoms. The van der Waals surface area contributed by atoms with Gasteiger partial charge in [0.1, 0.15) is 0 Å². The van der Waals surface area contributed by atoms with Crippen molar-refractivity contribution < 1.29 is 24.9 Å². The van der Waals surface area contributed by atoms with Crippen LogP contribution in [0.25, 0.3) is 0 Å². The highest BCUT2D eigenvalue weighted by molar-refractivity contribution is 6.06. The van der Waals surface area contributed by atoms with Crippen molar-refractivity contribution in [1.82, 2.24) is 0 Å². The Morgan fingerprint density at radius 2 is 1.94 bits per heavy atom. The predicted octanol–water partition coefficient (Wildman–Crippen LogP) is 0.945. The molecule has 0 fully saturated rings. The minimum Gasteiger partial charge on any atom is -0.478 e. The zero-order valence-electron chi connectivity index (χ0n) is 8.77. The summed E-state index contributed by atoms with van der Waals surface area (Å²) in [6, 6.07) is 0. The van der Waals surface area contributed by atoms with Crippen molar-refractivity contribution in [2.75, 3.05) is 6.61 Å². The van der Waals surface area contributed by atoms with E-state index < -0.39 is 11.9 Å². The Morgan fingerprint density at radius 3 is 2.44 bits per heavy atom. The fourth-order valence-electron chi connectivity index (χ4n) is 1.81. The molecule has 0 aromatic carbocycles. The van der Waals surface area contributed by atoms with E-state index in [0.29, 0.717) is 31.3 Å². The number of aliphatic hydroxyl groups is 1. The SMILES string of the molecule is O=C(O)C1=CCCC(CCCO)=C1C(=O)O. The molecular formula is C11H14O5. The monoisotopic (exact) mass is 226 g/mol. The highest BCUT2D eigenvalue weighted by atomic mass is 16.4. The molecule has 0 saturated heterocycles. The van der Waals surface area contributed by atoms with Crippen LogP contribution in [0.15, 0.2) is 22.8 Å². The molecule has 0 heterocycles. The maximum Gasteiger partial charge on any atom is 0.336 e. The Labute approximate surface area is 92.7 Å². The van der Waals surface area contributed by atoms with Crippen molar-refractivity contribution in [3.05, 3.63) is 22.8 Å². The Balaban J connectivity index is 3.05. The summed E-state index contributed by atoms with van der Waals surface area (Å²) in [7, 11) is 0. The van der Waals surface area contributed by atoms with E-state index in [1.165, 1.54) is 6.08 Å². The molecule has 1 rings (SSSR count). The van der Waals surface area contributed by atoms with Crippen molar-refractivity contribution in [2.45, 2.75) is 25.7 Å². The number of hydrogen-bond donors (Lipinski definition) is 3. The molecule has 0 radical (unpaired) electrons. The first-order valence-electron chi connectivity index (χ1n) is 5.08. The van der Waals surface area contributed by atoms with Crippen LogP contribution in [-0.2, 0) is 9.59 Å². The van der Waals surface area contributed by atoms with Crippen molar-refractivity contribution in [3.63, 3.8) is 0 Å². The fraction of sp³-hybridized carbons (Fsp3) is 0.455. The first-order chi connectivity index (χ1) is 7.57. The number of carbonyl (C=O) groups is 2. The molecule has 0 aromatic heterocycles. The van der Waals surface area contributed by atoms with Crippen LogP contribution in [0, 0.1) is 0 Å². The Hall–Kier alpha value is -1.62. The van der Waals surface area contributed by atoms with Gasteiger partial charge in [0, 0.05) is 6.61 Å². The number of rotatable bonds is 5. The third-order valence-corrected chi connectivity index (χ3v) is 2.50. The third kappa shape index (κ3) is 2.70. The fourth-order valence-corrected chi connectivity index (χ4v) is 1.81. The van der Waals surface area contributed by atoms with Gasteiger partial charge in [-0.3, -0.25) is 0 Å². The second-order valence-electron chi connectivity index (χ2n) is 3.57. The van der Waals surface area contributed by atoms with Gasteiger partial charge in [0.2, 0.25) is 0 Å². The molecule has 3 N–H and O–H groups in total. The van der Waals surface area contributed by atoms with E-state index in [2.05, 4.69) is 0 Å². The van der Waals surface area contributed by atoms with E-state index in [1.807, 2.05) is 0 Å². The summed E-state index contributed by atoms with van der Waals surface area (Å²) < 4.78 is 0. The molecule has 16 heavy (non-hydrogen) atoms. The van der Waals surface area contributed by atoms with E-state index in [1.54, 1.807) is 0 Å². The van der Waals surface area contributed by atoms with Crippen molar-refractivity contribution in [2.24, 2.45) is 0 Å². The molecule has 0 atom stereocenters. The standard InChI is InChI=1S/C11H14O5/c12-6-2-4-7-3-1-5-8(10(13)14)9(7)11(15)16/h5,12H,1-4,6H2,(H,13,14)(H,15,16). The average molecular weight is 226 g/mol. The first kappa shape index (κ1) is 12.4. The van der Waals surface area contributed by atoms with Crippen LogP contribution in [0.4, 0.5) is 0 Å². The first-order valence-corrected chi connectivity index (χ1v) is 5.08. The molecule has 0 aliphatic heterocycles. The molecule has 1 aliphatic carbocycles. The van der Waals surface area contributed by atoms with Gasteiger partial charge in [-0.25, -0.2) is 9.59 Å². The van der Waals surface area contributed by atoms with E-state index in [9.17, 15) is 9.59 Å². The topological polar surface area (TPSA) is 94.8 Å². The summed E-state index contributed by atoms with van der Waals surface area (Å²) in [5, 5.41) is 26.6. The molecule has 5 heteroatoms. The second-order valence-corrected chi connectivity index (χ2v) is 3.57. The molecule has 0 aromatic rings. The minimum atomic E-state index is -1.21. The molecule has 0 unspecified atom stereocenters. The lowest BCUT2D eigenvalue weighted by atomic mass is 9.88. The highest BCUT2D eigenvalue weighted by Crippen LogP contribution is 2.28. The number of carboxylic acid groups (broad SMARTS) is 2. The van der Waals surface area contributed by atoms with Gasteiger partial charge in [0.15, 0.2) is 0 Å². The highest BCUT2D eigenvalue weighted by Gasteiger charge is 2.25. The van der Waals surface area contributed by atoms with Crippen molar-refractivity contribution >= 4 is 11.9 Å². The lowest BCUT2D eigenvalue weighted by Crippen LogP contribution is -2.16. The van der Waals surface area contributed by atoms with Gasteiger partial charge in [0.25, 0.3) is 0 Å². The van der Waals surface area contributed by atoms with Crippen LogP contribution in [0.1, 0.15) is 25.7 Å². The molecule has 0 amide bonds. The van der Waals surface area contributed by atoms with E-state index in [-0.39, 0.29) is 17.8 Å². The Bertz CT molecular complexity index is 365. The zero-order valence-corrected chi connectivity index (χ0v) is 8.77. The number of carboxylic acids is 2. The lowest BCUT2D eigenvalue weighted by Gasteiger charge is -2.16. The summed E-state index contributed by atoms with van der Waals surface area (Å²) in [6.45, 7) is -0.0253. The van der Waals surface area contributed by atoms with Crippen LogP contribution in [0.3, 0.4) is 0 Å². The van der Waals surface area contributed by atoms with Gasteiger partial charge in [-0.15, -0.1) is 0 Å². The van der Waals surface area contributed by atoms with E-state index in [4.69, 9.17) is 15.3 Å². The van der Waals surface area contributed by atoms with E-state index >= 15 is 0 Å². The average Bonchev–Trinajstić information content (AvgIpc) is 2.25. The van der Waals surface area contributed by atoms with Gasteiger partial charge >= 0.3 is 11.9 Å². The van der Waals surface area contributed by atoms with E-state index in [0.717, 1.165) is 0 Å². The van der Waals surface area contributed by atoms with Crippen LogP contribution in [0.5, 0.6) is 0 Å². The van der Waals surface area contributed by atoms with Gasteiger partial charge < -0.3 is 15.3 Å². The summed E-state index contributed by atoms with van der Waals surface area (Å²) >= 11 is 0. The van der Waals surface area contributed by atoms with Gasteiger partial charge in [-0.1, -0.05) is 11.6 Å². The molecule has 5 nitrogen and oxygen atoms in total. The maximum atomic E-state index is 11.0. The summed E-state index contributed by atoms with van der Waals surface area (Å²) in [5.74, 6) is -2.42. The maximum absolute atomic E-state index is 11.0. The van der Waals surface area contributed by atoms with Gasteiger partial charge in [0.05, 0.1) is 11.1 Å². The molecule has 88 valence electrons. The summed E-state index contributed by atoms with van der Waals surface area (Å²) in [5.41, 5.74) is 0.375. The summed E-state index contributed by atoms with van der Waals surface area (Å²) in [4.78, 5) is 21.9. The largest absolute Gasteiger partial charge is 0.478 e. The molecule has 1 aliphatic rings. The van der Waals surface area contributed by atoms with Crippen LogP contribution in [0.2, 0.25) is 0 Å². The van der Waals surface area contributed by atoms with Crippen molar-refractivity contribution in [1.29, 1.82) is 0 Å². The molecule has 0 saturated carbocycles. The van der Waals surface area contributed by atoms with Crippen LogP contribution in [-0.4, -0.2) is 33.9 Å². The zero-order chi connectivity index (χ0) is 12.1.